The molecule has 0 unspecified atom stereocenters. The van der Waals surface area contributed by atoms with Crippen LogP contribution in [0.4, 0.5) is 10.5 Å². The molecule has 0 radical (unpaired) electrons. The van der Waals surface area contributed by atoms with Crippen molar-refractivity contribution in [3.63, 3.8) is 0 Å². The van der Waals surface area contributed by atoms with Crippen LogP contribution in [0, 0.1) is 13.8 Å². The molecule has 1 aromatic carbocycles. The zero-order chi connectivity index (χ0) is 23.9. The Bertz CT molecular complexity index is 1280. The monoisotopic (exact) mass is 442 g/mol. The molecule has 1 aliphatic rings. The van der Waals surface area contributed by atoms with Crippen LogP contribution in [0.1, 0.15) is 43.3 Å². The fraction of sp³-hybridized carbons (Fsp3) is 0.231. The van der Waals surface area contributed by atoms with Gasteiger partial charge in [-0.1, -0.05) is 32.9 Å². The van der Waals surface area contributed by atoms with Crippen LogP contribution >= 0.6 is 0 Å². The summed E-state index contributed by atoms with van der Waals surface area (Å²) in [6, 6.07) is 12.6. The van der Waals surface area contributed by atoms with Gasteiger partial charge in [0, 0.05) is 29.5 Å². The van der Waals surface area contributed by atoms with Gasteiger partial charge in [0.1, 0.15) is 5.57 Å². The summed E-state index contributed by atoms with van der Waals surface area (Å²) < 4.78 is 2.08. The molecule has 4 rings (SSSR count). The minimum atomic E-state index is -0.780. The van der Waals surface area contributed by atoms with E-state index >= 15 is 0 Å². The third-order valence-corrected chi connectivity index (χ3v) is 5.78. The number of aromatic nitrogens is 2. The van der Waals surface area contributed by atoms with Crippen molar-refractivity contribution in [3.05, 3.63) is 82.9 Å². The van der Waals surface area contributed by atoms with Gasteiger partial charge in [0.2, 0.25) is 0 Å². The molecule has 7 nitrogen and oxygen atoms in total. The Hall–Kier alpha value is -4.00. The summed E-state index contributed by atoms with van der Waals surface area (Å²) in [5, 5.41) is 2.25. The van der Waals surface area contributed by atoms with Crippen LogP contribution in [0.25, 0.3) is 11.8 Å². The highest BCUT2D eigenvalue weighted by atomic mass is 16.2. The number of hydrogen-bond acceptors (Lipinski definition) is 4. The number of hydrogen-bond donors (Lipinski definition) is 1. The molecule has 33 heavy (non-hydrogen) atoms. The van der Waals surface area contributed by atoms with Crippen LogP contribution in [0.2, 0.25) is 0 Å². The zero-order valence-corrected chi connectivity index (χ0v) is 19.3. The van der Waals surface area contributed by atoms with Gasteiger partial charge in [-0.05, 0) is 66.8 Å². The van der Waals surface area contributed by atoms with E-state index in [0.29, 0.717) is 5.69 Å². The highest BCUT2D eigenvalue weighted by Crippen LogP contribution is 2.28. The number of anilines is 1. The third kappa shape index (κ3) is 4.09. The predicted molar refractivity (Wildman–Crippen MR) is 127 cm³/mol. The van der Waals surface area contributed by atoms with Gasteiger partial charge in [-0.2, -0.15) is 0 Å². The fourth-order valence-corrected chi connectivity index (χ4v) is 3.98. The number of benzene rings is 1. The summed E-state index contributed by atoms with van der Waals surface area (Å²) >= 11 is 0. The molecule has 0 spiro atoms. The highest BCUT2D eigenvalue weighted by Gasteiger charge is 2.37. The Balaban J connectivity index is 1.73. The quantitative estimate of drug-likeness (QED) is 0.480. The van der Waals surface area contributed by atoms with Gasteiger partial charge < -0.3 is 4.57 Å². The number of barbiturate groups is 1. The van der Waals surface area contributed by atoms with Gasteiger partial charge >= 0.3 is 6.03 Å². The Morgan fingerprint density at radius 1 is 0.909 bits per heavy atom. The summed E-state index contributed by atoms with van der Waals surface area (Å²) in [5.41, 5.74) is 5.11. The molecular weight excluding hydrogens is 416 g/mol. The van der Waals surface area contributed by atoms with E-state index in [1.165, 1.54) is 30.1 Å². The second-order valence-electron chi connectivity index (χ2n) is 9.12. The van der Waals surface area contributed by atoms with Crippen LogP contribution < -0.4 is 10.2 Å². The molecule has 3 aromatic rings. The van der Waals surface area contributed by atoms with E-state index in [1.807, 2.05) is 19.9 Å². The lowest BCUT2D eigenvalue weighted by Gasteiger charge is -2.26. The Labute approximate surface area is 192 Å². The van der Waals surface area contributed by atoms with Crippen LogP contribution in [-0.4, -0.2) is 27.4 Å². The maximum absolute atomic E-state index is 13.1. The van der Waals surface area contributed by atoms with Crippen LogP contribution in [0.15, 0.2) is 60.4 Å². The number of nitrogens with one attached hydrogen (secondary N) is 1. The first-order valence-corrected chi connectivity index (χ1v) is 10.7. The maximum Gasteiger partial charge on any atom is 0.335 e. The van der Waals surface area contributed by atoms with Crippen molar-refractivity contribution in [1.82, 2.24) is 14.9 Å². The van der Waals surface area contributed by atoms with Gasteiger partial charge in [0.25, 0.3) is 11.8 Å². The first-order valence-electron chi connectivity index (χ1n) is 10.7. The lowest BCUT2D eigenvalue weighted by atomic mass is 9.87. The molecule has 2 aromatic heterocycles. The zero-order valence-electron chi connectivity index (χ0n) is 19.3. The van der Waals surface area contributed by atoms with E-state index in [-0.39, 0.29) is 11.0 Å². The Morgan fingerprint density at radius 2 is 1.55 bits per heavy atom. The van der Waals surface area contributed by atoms with Crippen molar-refractivity contribution in [2.45, 2.75) is 40.0 Å². The summed E-state index contributed by atoms with van der Waals surface area (Å²) in [6.45, 7) is 10.4. The van der Waals surface area contributed by atoms with Gasteiger partial charge in [-0.25, -0.2) is 9.69 Å². The summed E-state index contributed by atoms with van der Waals surface area (Å²) in [5.74, 6) is -1.39. The average Bonchev–Trinajstić information content (AvgIpc) is 3.04. The van der Waals surface area contributed by atoms with E-state index in [9.17, 15) is 14.4 Å². The number of urea groups is 1. The standard InChI is InChI=1S/C26H26N4O3/c1-16-14-18(17(2)29(16)20-8-6-19(7-9-20)26(3,4)5)15-22-23(31)28-25(33)30(24(22)32)21-10-12-27-13-11-21/h6-15H,1-5H3,(H,28,31,33)/b22-15+. The summed E-state index contributed by atoms with van der Waals surface area (Å²) in [4.78, 5) is 42.8. The molecule has 1 saturated heterocycles. The molecule has 1 N–H and O–H groups in total. The summed E-state index contributed by atoms with van der Waals surface area (Å²) in [6.07, 6.45) is 4.50. The topological polar surface area (TPSA) is 84.3 Å². The van der Waals surface area contributed by atoms with Crippen LogP contribution in [0.3, 0.4) is 0 Å². The molecule has 4 amide bonds. The molecule has 0 saturated carbocycles. The number of imide groups is 2. The number of rotatable bonds is 3. The second kappa shape index (κ2) is 8.16. The first-order chi connectivity index (χ1) is 15.6. The van der Waals surface area contributed by atoms with E-state index in [1.54, 1.807) is 6.08 Å². The maximum atomic E-state index is 13.1. The van der Waals surface area contributed by atoms with Crippen molar-refractivity contribution in [2.24, 2.45) is 0 Å². The Morgan fingerprint density at radius 3 is 2.15 bits per heavy atom. The van der Waals surface area contributed by atoms with Gasteiger partial charge in [0.15, 0.2) is 0 Å². The first kappa shape index (κ1) is 22.2. The predicted octanol–water partition coefficient (Wildman–Crippen LogP) is 4.45. The molecule has 0 bridgehead atoms. The van der Waals surface area contributed by atoms with E-state index in [2.05, 4.69) is 59.9 Å². The summed E-state index contributed by atoms with van der Waals surface area (Å²) in [7, 11) is 0. The number of carbonyl (C=O) groups is 3. The van der Waals surface area contributed by atoms with Crippen molar-refractivity contribution in [1.29, 1.82) is 0 Å². The van der Waals surface area contributed by atoms with Gasteiger partial charge in [-0.15, -0.1) is 0 Å². The van der Waals surface area contributed by atoms with Crippen LogP contribution in [0.5, 0.6) is 0 Å². The van der Waals surface area contributed by atoms with E-state index in [4.69, 9.17) is 0 Å². The average molecular weight is 443 g/mol. The molecule has 0 atom stereocenters. The highest BCUT2D eigenvalue weighted by molar-refractivity contribution is 6.39. The van der Waals surface area contributed by atoms with Crippen molar-refractivity contribution in [2.75, 3.05) is 4.90 Å². The third-order valence-electron chi connectivity index (χ3n) is 5.78. The van der Waals surface area contributed by atoms with Crippen molar-refractivity contribution < 1.29 is 14.4 Å². The largest absolute Gasteiger partial charge is 0.335 e. The van der Waals surface area contributed by atoms with Crippen LogP contribution in [-0.2, 0) is 15.0 Å². The Kier molecular flexibility index (Phi) is 5.49. The number of pyridine rings is 1. The van der Waals surface area contributed by atoms with E-state index in [0.717, 1.165) is 27.5 Å². The van der Waals surface area contributed by atoms with Gasteiger partial charge in [-0.3, -0.25) is 19.9 Å². The lowest BCUT2D eigenvalue weighted by Crippen LogP contribution is -2.54. The number of amides is 4. The van der Waals surface area contributed by atoms with Gasteiger partial charge in [0.05, 0.1) is 5.69 Å². The van der Waals surface area contributed by atoms with E-state index < -0.39 is 17.8 Å². The fourth-order valence-electron chi connectivity index (χ4n) is 3.98. The molecular formula is C26H26N4O3. The number of carbonyl (C=O) groups excluding carboxylic acids is 3. The molecule has 7 heteroatoms. The number of nitrogens with zero attached hydrogens (tertiary/aromatic N) is 3. The normalized spacial score (nSPS) is 15.8. The minimum Gasteiger partial charge on any atom is -0.318 e. The molecule has 168 valence electrons. The van der Waals surface area contributed by atoms with Crippen molar-refractivity contribution in [3.8, 4) is 5.69 Å². The smallest absolute Gasteiger partial charge is 0.318 e. The van der Waals surface area contributed by atoms with Crippen molar-refractivity contribution >= 4 is 29.6 Å². The number of aryl methyl sites for hydroxylation is 1. The molecule has 3 heterocycles. The molecule has 1 aliphatic heterocycles. The molecule has 1 fully saturated rings. The minimum absolute atomic E-state index is 0.0573. The molecule has 0 aliphatic carbocycles. The SMILES string of the molecule is Cc1cc(/C=C2\C(=O)NC(=O)N(c3ccncc3)C2=O)c(C)n1-c1ccc(C(C)(C)C)cc1. The lowest BCUT2D eigenvalue weighted by molar-refractivity contribution is -0.122. The second-order valence-corrected chi connectivity index (χ2v) is 9.12.